The fourth-order valence-corrected chi connectivity index (χ4v) is 1.82. The van der Waals surface area contributed by atoms with Crippen LogP contribution in [0.5, 0.6) is 0 Å². The zero-order valence-electron chi connectivity index (χ0n) is 13.1. The van der Waals surface area contributed by atoms with Crippen molar-refractivity contribution in [2.24, 2.45) is 0 Å². The van der Waals surface area contributed by atoms with Crippen molar-refractivity contribution in [3.8, 4) is 11.3 Å². The summed E-state index contributed by atoms with van der Waals surface area (Å²) in [5.74, 6) is -3.74. The SMILES string of the molecule is CC(C)(C)OC(=O)Nc1cc(-c2cc(C(=O)O)[nH]n2)cc(F)c1F. The first-order valence-corrected chi connectivity index (χ1v) is 6.85. The van der Waals surface area contributed by atoms with Crippen LogP contribution in [0.4, 0.5) is 19.3 Å². The van der Waals surface area contributed by atoms with Crippen molar-refractivity contribution in [3.63, 3.8) is 0 Å². The molecule has 0 aliphatic rings. The Morgan fingerprint density at radius 2 is 1.92 bits per heavy atom. The van der Waals surface area contributed by atoms with Gasteiger partial charge < -0.3 is 9.84 Å². The standard InChI is InChI=1S/C15H15F2N3O4/c1-15(2,3)24-14(23)18-10-5-7(4-8(16)12(10)17)9-6-11(13(21)22)20-19-9/h4-6H,1-3H3,(H,18,23)(H,19,20)(H,21,22). The summed E-state index contributed by atoms with van der Waals surface area (Å²) in [5.41, 5.74) is -1.30. The minimum atomic E-state index is -1.27. The molecule has 0 aliphatic carbocycles. The maximum absolute atomic E-state index is 13.9. The number of benzene rings is 1. The maximum atomic E-state index is 13.9. The summed E-state index contributed by atoms with van der Waals surface area (Å²) in [4.78, 5) is 22.5. The van der Waals surface area contributed by atoms with Gasteiger partial charge in [0.1, 0.15) is 11.3 Å². The Bertz CT molecular complexity index is 797. The van der Waals surface area contributed by atoms with Gasteiger partial charge in [0.2, 0.25) is 0 Å². The van der Waals surface area contributed by atoms with E-state index in [1.807, 2.05) is 0 Å². The molecule has 0 saturated heterocycles. The number of H-pyrrole nitrogens is 1. The van der Waals surface area contributed by atoms with Crippen LogP contribution in [0.2, 0.25) is 0 Å². The Morgan fingerprint density at radius 3 is 2.46 bits per heavy atom. The molecule has 1 amide bonds. The molecule has 0 radical (unpaired) electrons. The van der Waals surface area contributed by atoms with Crippen LogP contribution in [0, 0.1) is 11.6 Å². The quantitative estimate of drug-likeness (QED) is 0.795. The van der Waals surface area contributed by atoms with E-state index in [9.17, 15) is 18.4 Å². The summed E-state index contributed by atoms with van der Waals surface area (Å²) in [7, 11) is 0. The Balaban J connectivity index is 2.34. The van der Waals surface area contributed by atoms with Crippen LogP contribution in [0.25, 0.3) is 11.3 Å². The van der Waals surface area contributed by atoms with Gasteiger partial charge in [-0.2, -0.15) is 5.10 Å². The predicted octanol–water partition coefficient (Wildman–Crippen LogP) is 3.40. The van der Waals surface area contributed by atoms with E-state index in [0.29, 0.717) is 0 Å². The molecular formula is C15H15F2N3O4. The third-order valence-corrected chi connectivity index (χ3v) is 2.77. The van der Waals surface area contributed by atoms with Crippen LogP contribution in [-0.2, 0) is 4.74 Å². The Labute approximate surface area is 135 Å². The predicted molar refractivity (Wildman–Crippen MR) is 80.8 cm³/mol. The number of rotatable bonds is 3. The van der Waals surface area contributed by atoms with E-state index in [1.54, 1.807) is 20.8 Å². The summed E-state index contributed by atoms with van der Waals surface area (Å²) in [6, 6.07) is 3.13. The fraction of sp³-hybridized carbons (Fsp3) is 0.267. The Morgan fingerprint density at radius 1 is 1.25 bits per heavy atom. The molecule has 2 rings (SSSR count). The highest BCUT2D eigenvalue weighted by molar-refractivity contribution is 5.88. The van der Waals surface area contributed by atoms with Crippen molar-refractivity contribution < 1.29 is 28.2 Å². The zero-order valence-corrected chi connectivity index (χ0v) is 13.1. The second kappa shape index (κ2) is 6.26. The van der Waals surface area contributed by atoms with Gasteiger partial charge in [0.05, 0.1) is 11.4 Å². The molecule has 0 saturated carbocycles. The highest BCUT2D eigenvalue weighted by Gasteiger charge is 2.20. The molecule has 1 aromatic carbocycles. The van der Waals surface area contributed by atoms with Crippen molar-refractivity contribution in [2.45, 2.75) is 26.4 Å². The number of ether oxygens (including phenoxy) is 1. The summed E-state index contributed by atoms with van der Waals surface area (Å²) in [5, 5.41) is 16.9. The molecule has 0 aliphatic heterocycles. The number of aromatic nitrogens is 2. The number of amides is 1. The minimum absolute atomic E-state index is 0.0820. The number of hydrogen-bond donors (Lipinski definition) is 3. The van der Waals surface area contributed by atoms with Crippen LogP contribution in [0.1, 0.15) is 31.3 Å². The van der Waals surface area contributed by atoms with Gasteiger partial charge >= 0.3 is 12.1 Å². The van der Waals surface area contributed by atoms with Crippen molar-refractivity contribution in [1.29, 1.82) is 0 Å². The van der Waals surface area contributed by atoms with E-state index < -0.39 is 35.0 Å². The van der Waals surface area contributed by atoms with Crippen LogP contribution in [0.3, 0.4) is 0 Å². The molecule has 0 bridgehead atoms. The summed E-state index contributed by atoms with van der Waals surface area (Å²) in [6.07, 6.45) is -0.953. The summed E-state index contributed by atoms with van der Waals surface area (Å²) < 4.78 is 32.6. The van der Waals surface area contributed by atoms with Gasteiger partial charge in [0.25, 0.3) is 0 Å². The molecule has 9 heteroatoms. The number of aromatic amines is 1. The smallest absolute Gasteiger partial charge is 0.412 e. The highest BCUT2D eigenvalue weighted by atomic mass is 19.2. The van der Waals surface area contributed by atoms with Gasteiger partial charge in [-0.25, -0.2) is 18.4 Å². The van der Waals surface area contributed by atoms with Crippen LogP contribution in [-0.4, -0.2) is 33.0 Å². The molecule has 0 unspecified atom stereocenters. The number of hydrogen-bond acceptors (Lipinski definition) is 4. The first-order chi connectivity index (χ1) is 11.1. The first-order valence-electron chi connectivity index (χ1n) is 6.85. The van der Waals surface area contributed by atoms with E-state index in [-0.39, 0.29) is 17.0 Å². The lowest BCUT2D eigenvalue weighted by atomic mass is 10.1. The highest BCUT2D eigenvalue weighted by Crippen LogP contribution is 2.27. The van der Waals surface area contributed by atoms with Crippen molar-refractivity contribution in [2.75, 3.05) is 5.32 Å². The van der Waals surface area contributed by atoms with Gasteiger partial charge in [0.15, 0.2) is 11.6 Å². The monoisotopic (exact) mass is 339 g/mol. The van der Waals surface area contributed by atoms with Gasteiger partial charge in [-0.05, 0) is 39.0 Å². The molecule has 0 spiro atoms. The average molecular weight is 339 g/mol. The maximum Gasteiger partial charge on any atom is 0.412 e. The van der Waals surface area contributed by atoms with E-state index >= 15 is 0 Å². The third kappa shape index (κ3) is 4.06. The Kier molecular flexibility index (Phi) is 4.54. The molecular weight excluding hydrogens is 324 g/mol. The lowest BCUT2D eigenvalue weighted by molar-refractivity contribution is 0.0633. The topological polar surface area (TPSA) is 104 Å². The van der Waals surface area contributed by atoms with Crippen LogP contribution in [0.15, 0.2) is 18.2 Å². The number of carboxylic acid groups (broad SMARTS) is 1. The number of carboxylic acids is 1. The first kappa shape index (κ1) is 17.4. The van der Waals surface area contributed by atoms with E-state index in [2.05, 4.69) is 15.5 Å². The molecule has 24 heavy (non-hydrogen) atoms. The number of nitrogens with one attached hydrogen (secondary N) is 2. The number of anilines is 1. The van der Waals surface area contributed by atoms with Crippen LogP contribution >= 0.6 is 0 Å². The molecule has 0 atom stereocenters. The second-order valence-electron chi connectivity index (χ2n) is 5.92. The lowest BCUT2D eigenvalue weighted by Gasteiger charge is -2.20. The largest absolute Gasteiger partial charge is 0.477 e. The van der Waals surface area contributed by atoms with Crippen LogP contribution < -0.4 is 5.32 Å². The summed E-state index contributed by atoms with van der Waals surface area (Å²) >= 11 is 0. The van der Waals surface area contributed by atoms with Gasteiger partial charge in [-0.1, -0.05) is 0 Å². The number of nitrogens with zero attached hydrogens (tertiary/aromatic N) is 1. The average Bonchev–Trinajstić information content (AvgIpc) is 2.91. The molecule has 7 nitrogen and oxygen atoms in total. The minimum Gasteiger partial charge on any atom is -0.477 e. The molecule has 2 aromatic rings. The van der Waals surface area contributed by atoms with Gasteiger partial charge in [-0.15, -0.1) is 0 Å². The zero-order chi connectivity index (χ0) is 18.1. The van der Waals surface area contributed by atoms with Crippen molar-refractivity contribution in [1.82, 2.24) is 10.2 Å². The second-order valence-corrected chi connectivity index (χ2v) is 5.92. The van der Waals surface area contributed by atoms with Crippen molar-refractivity contribution >= 4 is 17.7 Å². The van der Waals surface area contributed by atoms with E-state index in [4.69, 9.17) is 9.84 Å². The van der Waals surface area contributed by atoms with E-state index in [0.717, 1.165) is 18.2 Å². The van der Waals surface area contributed by atoms with Gasteiger partial charge in [0, 0.05) is 5.56 Å². The number of carbonyl (C=O) groups excluding carboxylic acids is 1. The Hall–Kier alpha value is -2.97. The number of carbonyl (C=O) groups is 2. The van der Waals surface area contributed by atoms with Gasteiger partial charge in [-0.3, -0.25) is 10.4 Å². The summed E-state index contributed by atoms with van der Waals surface area (Å²) in [6.45, 7) is 4.87. The number of halogens is 2. The van der Waals surface area contributed by atoms with Crippen molar-refractivity contribution in [3.05, 3.63) is 35.5 Å². The molecule has 1 aromatic heterocycles. The fourth-order valence-electron chi connectivity index (χ4n) is 1.82. The number of aromatic carboxylic acids is 1. The lowest BCUT2D eigenvalue weighted by Crippen LogP contribution is -2.27. The molecule has 128 valence electrons. The normalized spacial score (nSPS) is 11.2. The molecule has 1 heterocycles. The molecule has 0 fully saturated rings. The van der Waals surface area contributed by atoms with E-state index in [1.165, 1.54) is 0 Å². The third-order valence-electron chi connectivity index (χ3n) is 2.77. The molecule has 3 N–H and O–H groups in total.